The number of ether oxygens (including phenoxy) is 1. The van der Waals surface area contributed by atoms with Gasteiger partial charge >= 0.3 is 5.97 Å². The first-order chi connectivity index (χ1) is 12.3. The Balaban J connectivity index is 2.03. The third-order valence-electron chi connectivity index (χ3n) is 4.68. The number of nitrogens with zero attached hydrogens (tertiary/aromatic N) is 1. The van der Waals surface area contributed by atoms with Gasteiger partial charge in [0, 0.05) is 13.1 Å². The zero-order valence-corrected chi connectivity index (χ0v) is 16.1. The summed E-state index contributed by atoms with van der Waals surface area (Å²) in [5.41, 5.74) is 0.344. The number of halogens is 1. The third-order valence-corrected chi connectivity index (χ3v) is 5.01. The molecule has 0 spiro atoms. The van der Waals surface area contributed by atoms with E-state index in [4.69, 9.17) is 16.3 Å². The Labute approximate surface area is 158 Å². The van der Waals surface area contributed by atoms with Crippen molar-refractivity contribution >= 4 is 29.4 Å². The molecule has 2 amide bonds. The number of amides is 2. The van der Waals surface area contributed by atoms with Gasteiger partial charge in [0.1, 0.15) is 6.04 Å². The number of carbonyl (C=O) groups excluding carboxylic acids is 3. The number of likely N-dealkylation sites (tertiary alicyclic amines) is 1. The molecule has 2 rings (SSSR count). The first-order valence-corrected chi connectivity index (χ1v) is 9.15. The molecule has 1 atom stereocenters. The monoisotopic (exact) mass is 380 g/mol. The average molecular weight is 381 g/mol. The molecule has 1 aliphatic rings. The van der Waals surface area contributed by atoms with Crippen molar-refractivity contribution < 1.29 is 19.1 Å². The molecule has 1 aromatic carbocycles. The van der Waals surface area contributed by atoms with E-state index in [1.165, 1.54) is 7.11 Å². The van der Waals surface area contributed by atoms with Crippen molar-refractivity contribution in [1.82, 2.24) is 10.2 Å². The van der Waals surface area contributed by atoms with Crippen LogP contribution in [0.15, 0.2) is 24.3 Å². The van der Waals surface area contributed by atoms with Crippen LogP contribution in [0.1, 0.15) is 37.0 Å². The number of hydrogen-bond acceptors (Lipinski definition) is 4. The molecule has 1 unspecified atom stereocenters. The second kappa shape index (κ2) is 9.03. The smallest absolute Gasteiger partial charge is 0.308 e. The van der Waals surface area contributed by atoms with Gasteiger partial charge in [-0.05, 0) is 30.9 Å². The minimum atomic E-state index is -0.645. The molecule has 1 saturated heterocycles. The van der Waals surface area contributed by atoms with Crippen LogP contribution in [-0.4, -0.2) is 48.9 Å². The van der Waals surface area contributed by atoms with Gasteiger partial charge in [-0.3, -0.25) is 14.4 Å². The maximum absolute atomic E-state index is 12.9. The summed E-state index contributed by atoms with van der Waals surface area (Å²) < 4.78 is 4.77. The van der Waals surface area contributed by atoms with Crippen LogP contribution >= 0.6 is 11.6 Å². The number of rotatable bonds is 5. The first-order valence-electron chi connectivity index (χ1n) is 8.77. The van der Waals surface area contributed by atoms with Crippen molar-refractivity contribution in [2.45, 2.75) is 32.7 Å². The second-order valence-corrected chi connectivity index (χ2v) is 7.20. The topological polar surface area (TPSA) is 75.7 Å². The largest absolute Gasteiger partial charge is 0.469 e. The van der Waals surface area contributed by atoms with E-state index in [0.29, 0.717) is 36.5 Å². The molecule has 0 radical (unpaired) electrons. The number of hydrogen-bond donors (Lipinski definition) is 1. The fourth-order valence-corrected chi connectivity index (χ4v) is 3.30. The van der Waals surface area contributed by atoms with Gasteiger partial charge in [0.15, 0.2) is 0 Å². The summed E-state index contributed by atoms with van der Waals surface area (Å²) in [7, 11) is 1.37. The molecule has 26 heavy (non-hydrogen) atoms. The summed E-state index contributed by atoms with van der Waals surface area (Å²) in [6.07, 6.45) is 1.14. The Kier molecular flexibility index (Phi) is 7.03. The number of esters is 1. The van der Waals surface area contributed by atoms with E-state index < -0.39 is 6.04 Å². The van der Waals surface area contributed by atoms with E-state index in [1.54, 1.807) is 29.2 Å². The highest BCUT2D eigenvalue weighted by atomic mass is 35.5. The number of methoxy groups -OCH3 is 1. The van der Waals surface area contributed by atoms with Gasteiger partial charge in [-0.25, -0.2) is 0 Å². The van der Waals surface area contributed by atoms with E-state index in [0.717, 1.165) is 0 Å². The molecule has 1 aliphatic heterocycles. The van der Waals surface area contributed by atoms with E-state index in [-0.39, 0.29) is 29.6 Å². The fraction of sp³-hybridized carbons (Fsp3) is 0.526. The van der Waals surface area contributed by atoms with Gasteiger partial charge in [0.2, 0.25) is 5.91 Å². The van der Waals surface area contributed by atoms with Crippen LogP contribution in [0.5, 0.6) is 0 Å². The maximum Gasteiger partial charge on any atom is 0.308 e. The molecular weight excluding hydrogens is 356 g/mol. The van der Waals surface area contributed by atoms with Crippen LogP contribution in [0.3, 0.4) is 0 Å². The predicted octanol–water partition coefficient (Wildman–Crippen LogP) is 2.51. The van der Waals surface area contributed by atoms with Crippen molar-refractivity contribution in [3.63, 3.8) is 0 Å². The zero-order chi connectivity index (χ0) is 19.3. The molecule has 1 fully saturated rings. The fourth-order valence-electron chi connectivity index (χ4n) is 3.08. The number of nitrogens with one attached hydrogen (secondary N) is 1. The van der Waals surface area contributed by atoms with Crippen molar-refractivity contribution in [3.05, 3.63) is 34.9 Å². The Hall–Kier alpha value is -2.08. The number of benzene rings is 1. The van der Waals surface area contributed by atoms with Crippen molar-refractivity contribution in [3.8, 4) is 0 Å². The Morgan fingerprint density at radius 2 is 1.81 bits per heavy atom. The summed E-state index contributed by atoms with van der Waals surface area (Å²) >= 11 is 6.07. The van der Waals surface area contributed by atoms with Crippen LogP contribution < -0.4 is 5.32 Å². The van der Waals surface area contributed by atoms with Crippen molar-refractivity contribution in [2.75, 3.05) is 20.2 Å². The standard InChI is InChI=1S/C19H25ClN2O4/c1-12(2)16(21-17(23)14-6-4-5-7-15(14)20)18(24)22-10-8-13(9-11-22)19(25)26-3/h4-7,12-13,16H,8-11H2,1-3H3,(H,21,23). The average Bonchev–Trinajstić information content (AvgIpc) is 2.65. The van der Waals surface area contributed by atoms with Crippen molar-refractivity contribution in [1.29, 1.82) is 0 Å². The van der Waals surface area contributed by atoms with E-state index in [2.05, 4.69) is 5.32 Å². The minimum absolute atomic E-state index is 0.0766. The van der Waals surface area contributed by atoms with Crippen LogP contribution in [0.4, 0.5) is 0 Å². The van der Waals surface area contributed by atoms with Gasteiger partial charge in [0.05, 0.1) is 23.6 Å². The highest BCUT2D eigenvalue weighted by Crippen LogP contribution is 2.21. The van der Waals surface area contributed by atoms with Gasteiger partial charge in [-0.1, -0.05) is 37.6 Å². The molecule has 0 saturated carbocycles. The molecule has 0 aliphatic carbocycles. The van der Waals surface area contributed by atoms with Gasteiger partial charge in [-0.2, -0.15) is 0 Å². The van der Waals surface area contributed by atoms with E-state index in [1.807, 2.05) is 13.8 Å². The van der Waals surface area contributed by atoms with E-state index in [9.17, 15) is 14.4 Å². The first kappa shape index (κ1) is 20.2. The molecule has 0 bridgehead atoms. The number of carbonyl (C=O) groups is 3. The van der Waals surface area contributed by atoms with Crippen LogP contribution in [0.25, 0.3) is 0 Å². The van der Waals surface area contributed by atoms with Crippen molar-refractivity contribution in [2.24, 2.45) is 11.8 Å². The Morgan fingerprint density at radius 3 is 2.35 bits per heavy atom. The maximum atomic E-state index is 12.9. The summed E-state index contributed by atoms with van der Waals surface area (Å²) in [6.45, 7) is 4.72. The highest BCUT2D eigenvalue weighted by molar-refractivity contribution is 6.33. The molecule has 6 nitrogen and oxygen atoms in total. The third kappa shape index (κ3) is 4.75. The van der Waals surface area contributed by atoms with Gasteiger partial charge in [0.25, 0.3) is 5.91 Å². The summed E-state index contributed by atoms with van der Waals surface area (Å²) in [5, 5.41) is 3.16. The lowest BCUT2D eigenvalue weighted by Crippen LogP contribution is -2.53. The second-order valence-electron chi connectivity index (χ2n) is 6.80. The van der Waals surface area contributed by atoms with Gasteiger partial charge < -0.3 is 15.0 Å². The summed E-state index contributed by atoms with van der Waals surface area (Å²) in [6, 6.07) is 6.09. The SMILES string of the molecule is COC(=O)C1CCN(C(=O)C(NC(=O)c2ccccc2Cl)C(C)C)CC1. The lowest BCUT2D eigenvalue weighted by Gasteiger charge is -2.34. The minimum Gasteiger partial charge on any atom is -0.469 e. The van der Waals surface area contributed by atoms with Gasteiger partial charge in [-0.15, -0.1) is 0 Å². The molecule has 0 aromatic heterocycles. The summed E-state index contributed by atoms with van der Waals surface area (Å²) in [4.78, 5) is 38.7. The molecule has 1 heterocycles. The highest BCUT2D eigenvalue weighted by Gasteiger charge is 2.33. The lowest BCUT2D eigenvalue weighted by atomic mass is 9.95. The molecule has 1 aromatic rings. The predicted molar refractivity (Wildman–Crippen MR) is 98.9 cm³/mol. The van der Waals surface area contributed by atoms with Crippen LogP contribution in [0, 0.1) is 11.8 Å². The molecular formula is C19H25ClN2O4. The summed E-state index contributed by atoms with van der Waals surface area (Å²) in [5.74, 6) is -0.980. The van der Waals surface area contributed by atoms with Crippen LogP contribution in [-0.2, 0) is 14.3 Å². The Morgan fingerprint density at radius 1 is 1.19 bits per heavy atom. The molecule has 7 heteroatoms. The lowest BCUT2D eigenvalue weighted by molar-refractivity contribution is -0.149. The van der Waals surface area contributed by atoms with Crippen LogP contribution in [0.2, 0.25) is 5.02 Å². The Bertz CT molecular complexity index is 669. The molecule has 1 N–H and O–H groups in total. The number of piperidine rings is 1. The van der Waals surface area contributed by atoms with E-state index >= 15 is 0 Å². The molecule has 142 valence electrons. The normalized spacial score (nSPS) is 16.3. The quantitative estimate of drug-likeness (QED) is 0.796. The zero-order valence-electron chi connectivity index (χ0n) is 15.3.